The van der Waals surface area contributed by atoms with Crippen molar-refractivity contribution < 1.29 is 9.53 Å². The standard InChI is InChI=1S/C14H16N2O3/c1-8-5-6-11(7-9(8)2)16-13(17)12(10(3)15-16)14(18)19-4/h5-7,15H,1-4H3. The summed E-state index contributed by atoms with van der Waals surface area (Å²) >= 11 is 0. The molecule has 0 spiro atoms. The monoisotopic (exact) mass is 260 g/mol. The van der Waals surface area contributed by atoms with Gasteiger partial charge in [-0.05, 0) is 44.0 Å². The number of aromatic amines is 1. The Morgan fingerprint density at radius 1 is 1.21 bits per heavy atom. The van der Waals surface area contributed by atoms with Crippen LogP contribution in [0, 0.1) is 20.8 Å². The number of H-pyrrole nitrogens is 1. The van der Waals surface area contributed by atoms with Crippen molar-refractivity contribution in [2.75, 3.05) is 7.11 Å². The molecule has 2 aromatic rings. The SMILES string of the molecule is COC(=O)c1c(C)[nH]n(-c2ccc(C)c(C)c2)c1=O. The number of methoxy groups -OCH3 is 1. The molecule has 100 valence electrons. The maximum atomic E-state index is 12.2. The highest BCUT2D eigenvalue weighted by Crippen LogP contribution is 2.13. The van der Waals surface area contributed by atoms with Crippen LogP contribution in [0.3, 0.4) is 0 Å². The second kappa shape index (κ2) is 4.76. The second-order valence-electron chi connectivity index (χ2n) is 4.51. The Balaban J connectivity index is 2.61. The number of carbonyl (C=O) groups excluding carboxylic acids is 1. The van der Waals surface area contributed by atoms with Gasteiger partial charge in [0.1, 0.15) is 5.56 Å². The van der Waals surface area contributed by atoms with E-state index in [4.69, 9.17) is 0 Å². The molecule has 0 aliphatic heterocycles. The number of aromatic nitrogens is 2. The number of esters is 1. The van der Waals surface area contributed by atoms with Gasteiger partial charge in [0.2, 0.25) is 0 Å². The molecule has 1 N–H and O–H groups in total. The zero-order valence-electron chi connectivity index (χ0n) is 11.4. The first-order valence-electron chi connectivity index (χ1n) is 5.93. The topological polar surface area (TPSA) is 64.1 Å². The van der Waals surface area contributed by atoms with Crippen molar-refractivity contribution in [1.29, 1.82) is 0 Å². The van der Waals surface area contributed by atoms with Gasteiger partial charge in [0, 0.05) is 5.69 Å². The summed E-state index contributed by atoms with van der Waals surface area (Å²) in [5.74, 6) is -0.624. The van der Waals surface area contributed by atoms with Crippen molar-refractivity contribution in [3.8, 4) is 5.69 Å². The molecule has 0 aliphatic rings. The molecule has 0 saturated carbocycles. The molecule has 0 amide bonds. The predicted molar refractivity (Wildman–Crippen MR) is 71.9 cm³/mol. The second-order valence-corrected chi connectivity index (χ2v) is 4.51. The summed E-state index contributed by atoms with van der Waals surface area (Å²) in [7, 11) is 1.26. The Morgan fingerprint density at radius 3 is 2.47 bits per heavy atom. The van der Waals surface area contributed by atoms with Crippen LogP contribution < -0.4 is 5.56 Å². The molecule has 19 heavy (non-hydrogen) atoms. The van der Waals surface area contributed by atoms with Crippen molar-refractivity contribution in [3.05, 3.63) is 50.9 Å². The Morgan fingerprint density at radius 2 is 1.89 bits per heavy atom. The average molecular weight is 260 g/mol. The van der Waals surface area contributed by atoms with Gasteiger partial charge in [-0.2, -0.15) is 0 Å². The quantitative estimate of drug-likeness (QED) is 0.838. The molecule has 5 heteroatoms. The molecular formula is C14H16N2O3. The van der Waals surface area contributed by atoms with E-state index in [1.807, 2.05) is 32.0 Å². The minimum absolute atomic E-state index is 0.0423. The number of benzene rings is 1. The van der Waals surface area contributed by atoms with E-state index >= 15 is 0 Å². The van der Waals surface area contributed by atoms with Gasteiger partial charge in [-0.25, -0.2) is 9.48 Å². The first-order chi connectivity index (χ1) is 8.95. The molecule has 5 nitrogen and oxygen atoms in total. The number of nitrogens with one attached hydrogen (secondary N) is 1. The fraction of sp³-hybridized carbons (Fsp3) is 0.286. The lowest BCUT2D eigenvalue weighted by molar-refractivity contribution is 0.0598. The molecule has 2 rings (SSSR count). The Hall–Kier alpha value is -2.30. The summed E-state index contributed by atoms with van der Waals surface area (Å²) in [6.45, 7) is 5.65. The number of hydrogen-bond acceptors (Lipinski definition) is 3. The summed E-state index contributed by atoms with van der Waals surface area (Å²) in [5, 5.41) is 2.89. The molecule has 0 radical (unpaired) electrons. The van der Waals surface area contributed by atoms with E-state index in [0.717, 1.165) is 11.1 Å². The first kappa shape index (κ1) is 13.1. The van der Waals surface area contributed by atoms with Gasteiger partial charge in [-0.15, -0.1) is 0 Å². The van der Waals surface area contributed by atoms with Gasteiger partial charge in [0.05, 0.1) is 12.8 Å². The van der Waals surface area contributed by atoms with Crippen LogP contribution in [0.15, 0.2) is 23.0 Å². The van der Waals surface area contributed by atoms with Crippen molar-refractivity contribution in [3.63, 3.8) is 0 Å². The summed E-state index contributed by atoms with van der Waals surface area (Å²) in [4.78, 5) is 23.8. The number of nitrogens with zero attached hydrogens (tertiary/aromatic N) is 1. The molecule has 0 atom stereocenters. The molecule has 0 saturated heterocycles. The Kier molecular flexibility index (Phi) is 3.29. The van der Waals surface area contributed by atoms with E-state index in [1.165, 1.54) is 11.8 Å². The Bertz CT molecular complexity index is 695. The highest BCUT2D eigenvalue weighted by atomic mass is 16.5. The number of ether oxygens (including phenoxy) is 1. The zero-order chi connectivity index (χ0) is 14.2. The summed E-state index contributed by atoms with van der Waals surface area (Å²) < 4.78 is 5.97. The van der Waals surface area contributed by atoms with Gasteiger partial charge < -0.3 is 4.74 Å². The largest absolute Gasteiger partial charge is 0.465 e. The van der Waals surface area contributed by atoms with Crippen LogP contribution in [0.4, 0.5) is 0 Å². The maximum absolute atomic E-state index is 12.2. The third-order valence-electron chi connectivity index (χ3n) is 3.21. The van der Waals surface area contributed by atoms with Crippen LogP contribution in [0.25, 0.3) is 5.69 Å². The highest BCUT2D eigenvalue weighted by molar-refractivity contribution is 5.90. The van der Waals surface area contributed by atoms with E-state index in [-0.39, 0.29) is 5.56 Å². The molecule has 0 aliphatic carbocycles. The molecule has 0 bridgehead atoms. The third-order valence-corrected chi connectivity index (χ3v) is 3.21. The van der Waals surface area contributed by atoms with Crippen LogP contribution in [0.1, 0.15) is 27.2 Å². The molecule has 0 unspecified atom stereocenters. The summed E-state index contributed by atoms with van der Waals surface area (Å²) in [6, 6.07) is 5.67. The van der Waals surface area contributed by atoms with E-state index < -0.39 is 11.5 Å². The predicted octanol–water partition coefficient (Wildman–Crippen LogP) is 1.88. The van der Waals surface area contributed by atoms with Crippen molar-refractivity contribution in [2.45, 2.75) is 20.8 Å². The van der Waals surface area contributed by atoms with Crippen LogP contribution >= 0.6 is 0 Å². The van der Waals surface area contributed by atoms with Crippen LogP contribution in [0.5, 0.6) is 0 Å². The maximum Gasteiger partial charge on any atom is 0.345 e. The van der Waals surface area contributed by atoms with E-state index in [1.54, 1.807) is 6.92 Å². The number of hydrogen-bond donors (Lipinski definition) is 1. The van der Waals surface area contributed by atoms with Crippen LogP contribution in [0.2, 0.25) is 0 Å². The molecule has 0 fully saturated rings. The lowest BCUT2D eigenvalue weighted by atomic mass is 10.1. The van der Waals surface area contributed by atoms with Crippen molar-refractivity contribution in [1.82, 2.24) is 9.78 Å². The van der Waals surface area contributed by atoms with Crippen molar-refractivity contribution in [2.24, 2.45) is 0 Å². The van der Waals surface area contributed by atoms with Crippen LogP contribution in [-0.2, 0) is 4.74 Å². The van der Waals surface area contributed by atoms with Crippen molar-refractivity contribution >= 4 is 5.97 Å². The van der Waals surface area contributed by atoms with E-state index in [0.29, 0.717) is 11.4 Å². The summed E-state index contributed by atoms with van der Waals surface area (Å²) in [6.07, 6.45) is 0. The highest BCUT2D eigenvalue weighted by Gasteiger charge is 2.19. The smallest absolute Gasteiger partial charge is 0.345 e. The molecule has 1 aromatic carbocycles. The number of aryl methyl sites for hydroxylation is 3. The van der Waals surface area contributed by atoms with Gasteiger partial charge >= 0.3 is 5.97 Å². The van der Waals surface area contributed by atoms with Gasteiger partial charge in [-0.1, -0.05) is 6.07 Å². The third kappa shape index (κ3) is 2.19. The average Bonchev–Trinajstić information content (AvgIpc) is 2.67. The fourth-order valence-electron chi connectivity index (χ4n) is 1.94. The minimum atomic E-state index is -0.624. The fourth-order valence-corrected chi connectivity index (χ4v) is 1.94. The lowest BCUT2D eigenvalue weighted by Crippen LogP contribution is -2.21. The van der Waals surface area contributed by atoms with Gasteiger partial charge in [0.15, 0.2) is 0 Å². The van der Waals surface area contributed by atoms with Gasteiger partial charge in [0.25, 0.3) is 5.56 Å². The van der Waals surface area contributed by atoms with Crippen LogP contribution in [-0.4, -0.2) is 22.9 Å². The lowest BCUT2D eigenvalue weighted by Gasteiger charge is -2.05. The van der Waals surface area contributed by atoms with E-state index in [2.05, 4.69) is 9.84 Å². The van der Waals surface area contributed by atoms with E-state index in [9.17, 15) is 9.59 Å². The van der Waals surface area contributed by atoms with Gasteiger partial charge in [-0.3, -0.25) is 9.89 Å². The Labute approximate surface area is 110 Å². The normalized spacial score (nSPS) is 10.5. The zero-order valence-corrected chi connectivity index (χ0v) is 11.4. The molecular weight excluding hydrogens is 244 g/mol. The number of carbonyl (C=O) groups is 1. The molecule has 1 heterocycles. The summed E-state index contributed by atoms with van der Waals surface area (Å²) in [5.41, 5.74) is 3.07. The number of rotatable bonds is 2. The first-order valence-corrected chi connectivity index (χ1v) is 5.93. The minimum Gasteiger partial charge on any atom is -0.465 e. The molecule has 1 aromatic heterocycles.